The predicted octanol–water partition coefficient (Wildman–Crippen LogP) is 1.01. The van der Waals surface area contributed by atoms with Crippen LogP contribution in [0.3, 0.4) is 0 Å². The minimum atomic E-state index is -0.569. The van der Waals surface area contributed by atoms with Crippen LogP contribution >= 0.6 is 0 Å². The molecule has 0 spiro atoms. The summed E-state index contributed by atoms with van der Waals surface area (Å²) in [4.78, 5) is 19.2. The zero-order valence-corrected chi connectivity index (χ0v) is 9.44. The number of anilines is 1. The molecule has 0 aliphatic carbocycles. The highest BCUT2D eigenvalue weighted by Crippen LogP contribution is 2.08. The number of nitrogens with zero attached hydrogens (tertiary/aromatic N) is 2. The summed E-state index contributed by atoms with van der Waals surface area (Å²) < 4.78 is 4.55. The van der Waals surface area contributed by atoms with E-state index in [0.29, 0.717) is 11.5 Å². The van der Waals surface area contributed by atoms with Crippen LogP contribution in [0, 0.1) is 19.3 Å². The van der Waals surface area contributed by atoms with Crippen molar-refractivity contribution in [1.29, 1.82) is 0 Å². The van der Waals surface area contributed by atoms with E-state index in [1.165, 1.54) is 7.11 Å². The summed E-state index contributed by atoms with van der Waals surface area (Å²) in [6.45, 7) is 3.58. The van der Waals surface area contributed by atoms with Crippen LogP contribution in [-0.2, 0) is 4.74 Å². The Morgan fingerprint density at radius 3 is 2.88 bits per heavy atom. The zero-order valence-electron chi connectivity index (χ0n) is 9.44. The Morgan fingerprint density at radius 1 is 1.62 bits per heavy atom. The van der Waals surface area contributed by atoms with Crippen LogP contribution in [0.1, 0.15) is 23.2 Å². The molecule has 1 atom stereocenters. The Morgan fingerprint density at radius 2 is 2.31 bits per heavy atom. The molecule has 5 nitrogen and oxygen atoms in total. The van der Waals surface area contributed by atoms with Crippen LogP contribution < -0.4 is 5.32 Å². The number of terminal acetylenes is 1. The molecule has 1 heterocycles. The van der Waals surface area contributed by atoms with E-state index in [0.717, 1.165) is 0 Å². The van der Waals surface area contributed by atoms with Gasteiger partial charge in [-0.05, 0) is 13.8 Å². The molecule has 0 radical (unpaired) electrons. The van der Waals surface area contributed by atoms with Gasteiger partial charge < -0.3 is 10.1 Å². The predicted molar refractivity (Wildman–Crippen MR) is 60.0 cm³/mol. The molecule has 0 aliphatic rings. The van der Waals surface area contributed by atoms with E-state index < -0.39 is 5.97 Å². The van der Waals surface area contributed by atoms with Crippen LogP contribution in [0.5, 0.6) is 0 Å². The molecular formula is C11H13N3O2. The van der Waals surface area contributed by atoms with Gasteiger partial charge in [0.1, 0.15) is 5.82 Å². The van der Waals surface area contributed by atoms with Gasteiger partial charge in [0.2, 0.25) is 5.82 Å². The van der Waals surface area contributed by atoms with Gasteiger partial charge in [-0.15, -0.1) is 6.42 Å². The third kappa shape index (κ3) is 2.95. The highest BCUT2D eigenvalue weighted by atomic mass is 16.5. The summed E-state index contributed by atoms with van der Waals surface area (Å²) in [5.41, 5.74) is 0.669. The number of carbonyl (C=O) groups excluding carboxylic acids is 1. The molecule has 0 saturated carbocycles. The Bertz CT molecular complexity index is 437. The van der Waals surface area contributed by atoms with E-state index in [2.05, 4.69) is 25.9 Å². The van der Waals surface area contributed by atoms with Crippen LogP contribution in [0.15, 0.2) is 6.07 Å². The van der Waals surface area contributed by atoms with Crippen molar-refractivity contribution in [2.45, 2.75) is 19.9 Å². The first-order chi connectivity index (χ1) is 7.56. The molecule has 0 aliphatic heterocycles. The maximum Gasteiger partial charge on any atom is 0.376 e. The number of ether oxygens (including phenoxy) is 1. The second-order valence-corrected chi connectivity index (χ2v) is 3.24. The molecule has 5 heteroatoms. The summed E-state index contributed by atoms with van der Waals surface area (Å²) in [6, 6.07) is 1.54. The highest BCUT2D eigenvalue weighted by Gasteiger charge is 2.11. The molecule has 1 unspecified atom stereocenters. The Hall–Kier alpha value is -2.09. The third-order valence-electron chi connectivity index (χ3n) is 1.84. The van der Waals surface area contributed by atoms with Gasteiger partial charge >= 0.3 is 5.97 Å². The maximum atomic E-state index is 11.3. The van der Waals surface area contributed by atoms with Crippen LogP contribution in [-0.4, -0.2) is 29.1 Å². The van der Waals surface area contributed by atoms with Crippen molar-refractivity contribution in [3.05, 3.63) is 17.6 Å². The van der Waals surface area contributed by atoms with Crippen molar-refractivity contribution >= 4 is 11.8 Å². The Labute approximate surface area is 94.2 Å². The molecule has 16 heavy (non-hydrogen) atoms. The van der Waals surface area contributed by atoms with E-state index in [-0.39, 0.29) is 11.9 Å². The van der Waals surface area contributed by atoms with Gasteiger partial charge in [-0.2, -0.15) is 0 Å². The van der Waals surface area contributed by atoms with Crippen molar-refractivity contribution in [3.63, 3.8) is 0 Å². The average Bonchev–Trinajstić information content (AvgIpc) is 2.27. The smallest absolute Gasteiger partial charge is 0.376 e. The fourth-order valence-corrected chi connectivity index (χ4v) is 1.09. The summed E-state index contributed by atoms with van der Waals surface area (Å²) in [5, 5.41) is 2.96. The lowest BCUT2D eigenvalue weighted by molar-refractivity contribution is 0.0586. The van der Waals surface area contributed by atoms with E-state index in [1.807, 2.05) is 6.92 Å². The number of methoxy groups -OCH3 is 1. The SMILES string of the molecule is C#CC(C)Nc1cc(C)nc(C(=O)OC)n1. The van der Waals surface area contributed by atoms with Gasteiger partial charge in [0.05, 0.1) is 13.2 Å². The third-order valence-corrected chi connectivity index (χ3v) is 1.84. The van der Waals surface area contributed by atoms with E-state index in [4.69, 9.17) is 6.42 Å². The fourth-order valence-electron chi connectivity index (χ4n) is 1.09. The number of carbonyl (C=O) groups is 1. The fraction of sp³-hybridized carbons (Fsp3) is 0.364. The zero-order chi connectivity index (χ0) is 12.1. The topological polar surface area (TPSA) is 64.1 Å². The maximum absolute atomic E-state index is 11.3. The summed E-state index contributed by atoms with van der Waals surface area (Å²) in [5.74, 6) is 2.47. The molecular weight excluding hydrogens is 206 g/mol. The first-order valence-corrected chi connectivity index (χ1v) is 4.73. The quantitative estimate of drug-likeness (QED) is 0.607. The lowest BCUT2D eigenvalue weighted by Gasteiger charge is -2.09. The average molecular weight is 219 g/mol. The minimum absolute atomic E-state index is 0.0224. The van der Waals surface area contributed by atoms with Crippen LogP contribution in [0.4, 0.5) is 5.82 Å². The molecule has 0 amide bonds. The first kappa shape index (κ1) is 12.0. The van der Waals surface area contributed by atoms with Gasteiger partial charge in [0.15, 0.2) is 0 Å². The van der Waals surface area contributed by atoms with Gasteiger partial charge in [-0.3, -0.25) is 0 Å². The molecule has 0 bridgehead atoms. The van der Waals surface area contributed by atoms with E-state index in [1.54, 1.807) is 13.0 Å². The highest BCUT2D eigenvalue weighted by molar-refractivity contribution is 5.85. The number of aromatic nitrogens is 2. The van der Waals surface area contributed by atoms with Crippen molar-refractivity contribution in [2.75, 3.05) is 12.4 Å². The molecule has 0 saturated heterocycles. The van der Waals surface area contributed by atoms with Gasteiger partial charge in [0.25, 0.3) is 0 Å². The normalized spacial score (nSPS) is 11.4. The number of hydrogen-bond acceptors (Lipinski definition) is 5. The van der Waals surface area contributed by atoms with E-state index in [9.17, 15) is 4.79 Å². The molecule has 0 aromatic carbocycles. The number of hydrogen-bond donors (Lipinski definition) is 1. The van der Waals surface area contributed by atoms with Crippen LogP contribution in [0.2, 0.25) is 0 Å². The molecule has 1 rings (SSSR count). The lowest BCUT2D eigenvalue weighted by atomic mass is 10.3. The van der Waals surface area contributed by atoms with Crippen LogP contribution in [0.25, 0.3) is 0 Å². The summed E-state index contributed by atoms with van der Waals surface area (Å²) >= 11 is 0. The lowest BCUT2D eigenvalue weighted by Crippen LogP contribution is -2.16. The second kappa shape index (κ2) is 5.12. The van der Waals surface area contributed by atoms with Gasteiger partial charge in [0, 0.05) is 11.8 Å². The largest absolute Gasteiger partial charge is 0.463 e. The van der Waals surface area contributed by atoms with Crippen molar-refractivity contribution < 1.29 is 9.53 Å². The number of aryl methyl sites for hydroxylation is 1. The molecule has 84 valence electrons. The molecule has 0 fully saturated rings. The van der Waals surface area contributed by atoms with Crippen molar-refractivity contribution in [3.8, 4) is 12.3 Å². The van der Waals surface area contributed by atoms with E-state index >= 15 is 0 Å². The summed E-state index contributed by atoms with van der Waals surface area (Å²) in [7, 11) is 1.28. The van der Waals surface area contributed by atoms with Crippen molar-refractivity contribution in [1.82, 2.24) is 9.97 Å². The monoisotopic (exact) mass is 219 g/mol. The Balaban J connectivity index is 2.99. The number of esters is 1. The van der Waals surface area contributed by atoms with Crippen molar-refractivity contribution in [2.24, 2.45) is 0 Å². The minimum Gasteiger partial charge on any atom is -0.463 e. The number of nitrogens with one attached hydrogen (secondary N) is 1. The summed E-state index contributed by atoms with van der Waals surface area (Å²) in [6.07, 6.45) is 5.23. The second-order valence-electron chi connectivity index (χ2n) is 3.24. The van der Waals surface area contributed by atoms with Gasteiger partial charge in [-0.1, -0.05) is 5.92 Å². The number of rotatable bonds is 3. The Kier molecular flexibility index (Phi) is 3.84. The van der Waals surface area contributed by atoms with Gasteiger partial charge in [-0.25, -0.2) is 14.8 Å². The standard InChI is InChI=1S/C11H13N3O2/c1-5-7(2)12-9-6-8(3)13-10(14-9)11(15)16-4/h1,6-7H,2-4H3,(H,12,13,14). The first-order valence-electron chi connectivity index (χ1n) is 4.73. The molecule has 1 aromatic rings. The molecule has 1 aromatic heterocycles. The molecule has 1 N–H and O–H groups in total.